The number of halogens is 1. The zero-order valence-electron chi connectivity index (χ0n) is 13.3. The number of benzene rings is 1. The number of esters is 1. The van der Waals surface area contributed by atoms with Crippen LogP contribution in [0.5, 0.6) is 0 Å². The number of nitrogens with zero attached hydrogens (tertiary/aromatic N) is 1. The minimum absolute atomic E-state index is 0.0621. The summed E-state index contributed by atoms with van der Waals surface area (Å²) in [4.78, 5) is 25.7. The number of hydrogen-bond donors (Lipinski definition) is 0. The van der Waals surface area contributed by atoms with Gasteiger partial charge in [0.1, 0.15) is 4.32 Å². The van der Waals surface area contributed by atoms with Crippen LogP contribution < -0.4 is 0 Å². The Morgan fingerprint density at radius 2 is 2.00 bits per heavy atom. The lowest BCUT2D eigenvalue weighted by Gasteiger charge is -2.13. The van der Waals surface area contributed by atoms with E-state index in [1.54, 1.807) is 17.0 Å². The van der Waals surface area contributed by atoms with Gasteiger partial charge >= 0.3 is 5.97 Å². The monoisotopic (exact) mass is 383 g/mol. The summed E-state index contributed by atoms with van der Waals surface area (Å²) in [5.41, 5.74) is 0.915. The van der Waals surface area contributed by atoms with Gasteiger partial charge < -0.3 is 4.74 Å². The standard InChI is InChI=1S/C17H18ClNO3S2/c1-22-15(20)5-3-2-4-10-19-16(21)14(24-17(19)23)11-12-6-8-13(18)9-7-12/h6-9,11H,2-5,10H2,1H3/b14-11-. The summed E-state index contributed by atoms with van der Waals surface area (Å²) in [5.74, 6) is -0.264. The van der Waals surface area contributed by atoms with Gasteiger partial charge in [0, 0.05) is 18.0 Å². The van der Waals surface area contributed by atoms with E-state index in [4.69, 9.17) is 23.8 Å². The third-order valence-corrected chi connectivity index (χ3v) is 5.16. The maximum absolute atomic E-state index is 12.5. The quantitative estimate of drug-likeness (QED) is 0.304. The number of hydrogen-bond acceptors (Lipinski definition) is 5. The highest BCUT2D eigenvalue weighted by Gasteiger charge is 2.31. The highest BCUT2D eigenvalue weighted by molar-refractivity contribution is 8.26. The van der Waals surface area contributed by atoms with Crippen LogP contribution in [0.2, 0.25) is 5.02 Å². The van der Waals surface area contributed by atoms with E-state index in [2.05, 4.69) is 4.74 Å². The first-order valence-corrected chi connectivity index (χ1v) is 9.19. The Morgan fingerprint density at radius 3 is 2.67 bits per heavy atom. The van der Waals surface area contributed by atoms with Gasteiger partial charge in [-0.15, -0.1) is 0 Å². The van der Waals surface area contributed by atoms with Gasteiger partial charge in [0.15, 0.2) is 0 Å². The predicted octanol–water partition coefficient (Wildman–Crippen LogP) is 4.27. The molecule has 24 heavy (non-hydrogen) atoms. The normalized spacial score (nSPS) is 16.1. The summed E-state index contributed by atoms with van der Waals surface area (Å²) >= 11 is 12.5. The first-order valence-electron chi connectivity index (χ1n) is 7.59. The maximum atomic E-state index is 12.5. The Balaban J connectivity index is 1.87. The minimum Gasteiger partial charge on any atom is -0.469 e. The van der Waals surface area contributed by atoms with E-state index < -0.39 is 0 Å². The van der Waals surface area contributed by atoms with E-state index in [-0.39, 0.29) is 11.9 Å². The van der Waals surface area contributed by atoms with E-state index in [9.17, 15) is 9.59 Å². The molecule has 128 valence electrons. The molecule has 7 heteroatoms. The van der Waals surface area contributed by atoms with Crippen molar-refractivity contribution in [1.82, 2.24) is 4.90 Å². The number of methoxy groups -OCH3 is 1. The third-order valence-electron chi connectivity index (χ3n) is 3.53. The summed E-state index contributed by atoms with van der Waals surface area (Å²) in [6, 6.07) is 7.30. The van der Waals surface area contributed by atoms with Gasteiger partial charge in [-0.05, 0) is 36.6 Å². The molecule has 0 bridgehead atoms. The number of unbranched alkanes of at least 4 members (excludes halogenated alkanes) is 2. The maximum Gasteiger partial charge on any atom is 0.305 e. The highest BCUT2D eigenvalue weighted by atomic mass is 35.5. The summed E-state index contributed by atoms with van der Waals surface area (Å²) in [5, 5.41) is 0.659. The zero-order chi connectivity index (χ0) is 17.5. The van der Waals surface area contributed by atoms with Crippen molar-refractivity contribution in [2.24, 2.45) is 0 Å². The zero-order valence-corrected chi connectivity index (χ0v) is 15.7. The molecule has 0 aromatic heterocycles. The van der Waals surface area contributed by atoms with Gasteiger partial charge in [0.05, 0.1) is 12.0 Å². The third kappa shape index (κ3) is 5.33. The number of rotatable bonds is 7. The average molecular weight is 384 g/mol. The van der Waals surface area contributed by atoms with Crippen molar-refractivity contribution in [3.8, 4) is 0 Å². The molecule has 1 aliphatic heterocycles. The second kappa shape index (κ2) is 9.20. The van der Waals surface area contributed by atoms with Crippen LogP contribution in [-0.4, -0.2) is 34.8 Å². The fraction of sp³-hybridized carbons (Fsp3) is 0.353. The summed E-state index contributed by atoms with van der Waals surface area (Å²) < 4.78 is 5.18. The lowest BCUT2D eigenvalue weighted by Crippen LogP contribution is -2.29. The number of amides is 1. The Hall–Kier alpha value is -1.37. The summed E-state index contributed by atoms with van der Waals surface area (Å²) in [6.45, 7) is 0.573. The smallest absolute Gasteiger partial charge is 0.305 e. The minimum atomic E-state index is -0.202. The Morgan fingerprint density at radius 1 is 1.29 bits per heavy atom. The average Bonchev–Trinajstić information content (AvgIpc) is 2.83. The topological polar surface area (TPSA) is 46.6 Å². The molecule has 0 atom stereocenters. The predicted molar refractivity (Wildman–Crippen MR) is 102 cm³/mol. The highest BCUT2D eigenvalue weighted by Crippen LogP contribution is 2.32. The van der Waals surface area contributed by atoms with Gasteiger partial charge in [-0.3, -0.25) is 14.5 Å². The van der Waals surface area contributed by atoms with E-state index in [0.29, 0.717) is 27.2 Å². The number of thioether (sulfide) groups is 1. The second-order valence-corrected chi connectivity index (χ2v) is 7.38. The fourth-order valence-electron chi connectivity index (χ4n) is 2.22. The molecular formula is C17H18ClNO3S2. The van der Waals surface area contributed by atoms with E-state index in [1.165, 1.54) is 18.9 Å². The van der Waals surface area contributed by atoms with Crippen LogP contribution in [0, 0.1) is 0 Å². The molecule has 1 saturated heterocycles. The summed E-state index contributed by atoms with van der Waals surface area (Å²) in [7, 11) is 1.38. The van der Waals surface area contributed by atoms with Crippen molar-refractivity contribution in [3.63, 3.8) is 0 Å². The molecular weight excluding hydrogens is 366 g/mol. The lowest BCUT2D eigenvalue weighted by atomic mass is 10.2. The van der Waals surface area contributed by atoms with Crippen LogP contribution in [0.1, 0.15) is 31.2 Å². The number of ether oxygens (including phenoxy) is 1. The molecule has 0 N–H and O–H groups in total. The van der Waals surface area contributed by atoms with Crippen LogP contribution in [0.4, 0.5) is 0 Å². The largest absolute Gasteiger partial charge is 0.469 e. The van der Waals surface area contributed by atoms with Crippen LogP contribution in [0.25, 0.3) is 6.08 Å². The molecule has 0 unspecified atom stereocenters. The molecule has 1 aromatic rings. The molecule has 1 heterocycles. The Kier molecular flexibility index (Phi) is 7.27. The molecule has 0 spiro atoms. The van der Waals surface area contributed by atoms with Crippen LogP contribution in [0.15, 0.2) is 29.2 Å². The van der Waals surface area contributed by atoms with E-state index in [1.807, 2.05) is 18.2 Å². The van der Waals surface area contributed by atoms with Crippen molar-refractivity contribution >= 4 is 57.9 Å². The fourth-order valence-corrected chi connectivity index (χ4v) is 3.66. The van der Waals surface area contributed by atoms with Gasteiger partial charge in [0.25, 0.3) is 5.91 Å². The van der Waals surface area contributed by atoms with E-state index >= 15 is 0 Å². The number of thiocarbonyl (C=S) groups is 1. The Bertz CT molecular complexity index is 658. The van der Waals surface area contributed by atoms with Gasteiger partial charge in [-0.2, -0.15) is 0 Å². The SMILES string of the molecule is COC(=O)CCCCCN1C(=O)/C(=C/c2ccc(Cl)cc2)SC1=S. The van der Waals surface area contributed by atoms with Gasteiger partial charge in [-0.1, -0.05) is 54.1 Å². The molecule has 0 aliphatic carbocycles. The summed E-state index contributed by atoms with van der Waals surface area (Å²) in [6.07, 6.45) is 4.64. The van der Waals surface area contributed by atoms with Gasteiger partial charge in [0.2, 0.25) is 0 Å². The molecule has 1 amide bonds. The van der Waals surface area contributed by atoms with Crippen LogP contribution in [0.3, 0.4) is 0 Å². The Labute approximate surface area is 156 Å². The molecule has 4 nitrogen and oxygen atoms in total. The van der Waals surface area contributed by atoms with Crippen molar-refractivity contribution in [2.45, 2.75) is 25.7 Å². The van der Waals surface area contributed by atoms with Crippen molar-refractivity contribution in [2.75, 3.05) is 13.7 Å². The number of carbonyl (C=O) groups excluding carboxylic acids is 2. The lowest BCUT2D eigenvalue weighted by molar-refractivity contribution is -0.140. The van der Waals surface area contributed by atoms with Crippen molar-refractivity contribution in [1.29, 1.82) is 0 Å². The first-order chi connectivity index (χ1) is 11.5. The first kappa shape index (κ1) is 19.0. The van der Waals surface area contributed by atoms with Gasteiger partial charge in [-0.25, -0.2) is 0 Å². The van der Waals surface area contributed by atoms with Crippen LogP contribution >= 0.6 is 35.6 Å². The van der Waals surface area contributed by atoms with Crippen molar-refractivity contribution in [3.05, 3.63) is 39.8 Å². The molecule has 1 aromatic carbocycles. The molecule has 2 rings (SSSR count). The van der Waals surface area contributed by atoms with E-state index in [0.717, 1.165) is 24.8 Å². The molecule has 0 radical (unpaired) electrons. The number of carbonyl (C=O) groups is 2. The molecule has 0 saturated carbocycles. The van der Waals surface area contributed by atoms with Crippen molar-refractivity contribution < 1.29 is 14.3 Å². The second-order valence-electron chi connectivity index (χ2n) is 5.27. The molecule has 1 aliphatic rings. The van der Waals surface area contributed by atoms with Crippen LogP contribution in [-0.2, 0) is 14.3 Å². The molecule has 1 fully saturated rings.